The lowest BCUT2D eigenvalue weighted by Gasteiger charge is -2.46. The molecule has 2 fully saturated rings. The van der Waals surface area contributed by atoms with Gasteiger partial charge in [-0.2, -0.15) is 0 Å². The van der Waals surface area contributed by atoms with E-state index in [1.807, 2.05) is 42.5 Å². The van der Waals surface area contributed by atoms with Crippen LogP contribution in [0.5, 0.6) is 0 Å². The molecule has 2 aliphatic heterocycles. The van der Waals surface area contributed by atoms with Gasteiger partial charge in [-0.25, -0.2) is 4.98 Å². The molecule has 2 unspecified atom stereocenters. The Kier molecular flexibility index (Phi) is 5.36. The lowest BCUT2D eigenvalue weighted by Crippen LogP contribution is -2.56. The van der Waals surface area contributed by atoms with Crippen molar-refractivity contribution in [2.45, 2.75) is 31.1 Å². The van der Waals surface area contributed by atoms with Crippen LogP contribution in [0.4, 0.5) is 0 Å². The molecule has 5 rings (SSSR count). The third-order valence-electron chi connectivity index (χ3n) is 5.56. The molecule has 2 saturated heterocycles. The predicted octanol–water partition coefficient (Wildman–Crippen LogP) is 4.57. The van der Waals surface area contributed by atoms with Gasteiger partial charge in [0.25, 0.3) is 0 Å². The molecular weight excluding hydrogens is 424 g/mol. The first-order chi connectivity index (χ1) is 12.7. The molecule has 1 aromatic heterocycles. The molecule has 2 atom stereocenters. The van der Waals surface area contributed by atoms with E-state index in [9.17, 15) is 5.11 Å². The summed E-state index contributed by atoms with van der Waals surface area (Å²) in [5.41, 5.74) is 2.93. The Balaban J connectivity index is 0.00000180. The number of ether oxygens (including phenoxy) is 1. The summed E-state index contributed by atoms with van der Waals surface area (Å²) in [5, 5.41) is 12.1. The fourth-order valence-electron chi connectivity index (χ4n) is 4.06. The van der Waals surface area contributed by atoms with E-state index in [1.54, 1.807) is 11.3 Å². The first-order valence-electron chi connectivity index (χ1n) is 9.28. The molecule has 142 valence electrons. The Hall–Kier alpha value is -1.31. The molecule has 0 bridgehead atoms. The zero-order valence-electron chi connectivity index (χ0n) is 15.0. The van der Waals surface area contributed by atoms with Crippen molar-refractivity contribution in [3.63, 3.8) is 0 Å². The number of morpholine rings is 1. The minimum absolute atomic E-state index is 0. The van der Waals surface area contributed by atoms with Crippen LogP contribution >= 0.6 is 28.3 Å². The van der Waals surface area contributed by atoms with Crippen LogP contribution in [0.1, 0.15) is 24.8 Å². The van der Waals surface area contributed by atoms with Gasteiger partial charge in [-0.1, -0.05) is 42.8 Å². The Morgan fingerprint density at radius 1 is 1.11 bits per heavy atom. The Labute approximate surface area is 173 Å². The van der Waals surface area contributed by atoms with Crippen LogP contribution in [-0.4, -0.2) is 40.7 Å². The van der Waals surface area contributed by atoms with Crippen LogP contribution < -0.4 is 0 Å². The summed E-state index contributed by atoms with van der Waals surface area (Å²) in [6, 6.07) is 16.7. The van der Waals surface area contributed by atoms with E-state index < -0.39 is 5.79 Å². The minimum atomic E-state index is -1.21. The molecule has 0 spiro atoms. The second kappa shape index (κ2) is 7.60. The number of benzene rings is 2. The number of aliphatic hydroxyl groups is 1. The van der Waals surface area contributed by atoms with Crippen LogP contribution in [0.2, 0.25) is 0 Å². The average molecular weight is 447 g/mol. The minimum Gasteiger partial charge on any atom is -0.361 e. The highest BCUT2D eigenvalue weighted by molar-refractivity contribution is 8.93. The number of hydrogen-bond donors (Lipinski definition) is 1. The Morgan fingerprint density at radius 2 is 1.93 bits per heavy atom. The topological polar surface area (TPSA) is 45.6 Å². The van der Waals surface area contributed by atoms with Gasteiger partial charge in [0.15, 0.2) is 0 Å². The van der Waals surface area contributed by atoms with Crippen molar-refractivity contribution >= 4 is 38.5 Å². The van der Waals surface area contributed by atoms with E-state index in [0.717, 1.165) is 28.2 Å². The Morgan fingerprint density at radius 3 is 2.74 bits per heavy atom. The van der Waals surface area contributed by atoms with E-state index in [0.29, 0.717) is 19.2 Å². The van der Waals surface area contributed by atoms with Crippen molar-refractivity contribution in [3.8, 4) is 10.6 Å². The van der Waals surface area contributed by atoms with Crippen LogP contribution in [0.25, 0.3) is 20.8 Å². The van der Waals surface area contributed by atoms with E-state index in [-0.39, 0.29) is 17.0 Å². The number of thiazole rings is 1. The van der Waals surface area contributed by atoms with Gasteiger partial charge in [-0.05, 0) is 31.5 Å². The normalized spacial score (nSPS) is 25.7. The number of rotatable bonds is 2. The van der Waals surface area contributed by atoms with Crippen LogP contribution in [-0.2, 0) is 10.5 Å². The molecule has 2 aromatic carbocycles. The van der Waals surface area contributed by atoms with Gasteiger partial charge in [-0.15, -0.1) is 28.3 Å². The standard InChI is InChI=1S/C21H22N2O2S.BrH/c24-21(14-23-12-4-3-5-17(23)13-25-21)16-10-8-15(9-11-16)20-22-18-6-1-2-7-19(18)26-20;/h1-2,6-11,17,24H,3-5,12-14H2;1H. The molecule has 0 saturated carbocycles. The van der Waals surface area contributed by atoms with Gasteiger partial charge in [-0.3, -0.25) is 4.90 Å². The number of hydrogen-bond acceptors (Lipinski definition) is 5. The largest absolute Gasteiger partial charge is 0.361 e. The van der Waals surface area contributed by atoms with Crippen LogP contribution in [0.15, 0.2) is 48.5 Å². The van der Waals surface area contributed by atoms with Gasteiger partial charge in [0.05, 0.1) is 23.4 Å². The summed E-state index contributed by atoms with van der Waals surface area (Å²) in [6.45, 7) is 2.22. The van der Waals surface area contributed by atoms with Crippen molar-refractivity contribution in [2.24, 2.45) is 0 Å². The van der Waals surface area contributed by atoms with Crippen molar-refractivity contribution in [2.75, 3.05) is 19.7 Å². The van der Waals surface area contributed by atoms with Gasteiger partial charge < -0.3 is 9.84 Å². The molecule has 0 aliphatic carbocycles. The SMILES string of the molecule is Br.OC1(c2ccc(-c3nc4ccccc4s3)cc2)CN2CCCCC2CO1. The van der Waals surface area contributed by atoms with Crippen LogP contribution in [0, 0.1) is 0 Å². The monoisotopic (exact) mass is 446 g/mol. The van der Waals surface area contributed by atoms with Crippen molar-refractivity contribution in [1.29, 1.82) is 0 Å². The average Bonchev–Trinajstić information content (AvgIpc) is 3.12. The van der Waals surface area contributed by atoms with Crippen LogP contribution in [0.3, 0.4) is 0 Å². The highest BCUT2D eigenvalue weighted by Gasteiger charge is 2.41. The number of fused-ring (bicyclic) bond motifs is 2. The highest BCUT2D eigenvalue weighted by atomic mass is 79.9. The number of aromatic nitrogens is 1. The maximum absolute atomic E-state index is 11.1. The lowest BCUT2D eigenvalue weighted by atomic mass is 9.96. The van der Waals surface area contributed by atoms with E-state index in [1.165, 1.54) is 24.0 Å². The van der Waals surface area contributed by atoms with Gasteiger partial charge in [0.1, 0.15) is 5.01 Å². The second-order valence-corrected chi connectivity index (χ2v) is 8.31. The van der Waals surface area contributed by atoms with Crippen molar-refractivity contribution in [3.05, 3.63) is 54.1 Å². The van der Waals surface area contributed by atoms with E-state index >= 15 is 0 Å². The summed E-state index contributed by atoms with van der Waals surface area (Å²) in [4.78, 5) is 7.10. The first-order valence-corrected chi connectivity index (χ1v) is 10.1. The molecular formula is C21H23BrN2O2S. The third kappa shape index (κ3) is 3.57. The molecule has 27 heavy (non-hydrogen) atoms. The molecule has 0 radical (unpaired) electrons. The zero-order valence-corrected chi connectivity index (χ0v) is 17.5. The third-order valence-corrected chi connectivity index (χ3v) is 6.64. The zero-order chi connectivity index (χ0) is 17.6. The summed E-state index contributed by atoms with van der Waals surface area (Å²) in [7, 11) is 0. The Bertz CT molecular complexity index is 896. The smallest absolute Gasteiger partial charge is 0.205 e. The molecule has 3 aromatic rings. The van der Waals surface area contributed by atoms with Crippen molar-refractivity contribution in [1.82, 2.24) is 9.88 Å². The number of nitrogens with zero attached hydrogens (tertiary/aromatic N) is 2. The summed E-state index contributed by atoms with van der Waals surface area (Å²) in [6.07, 6.45) is 3.65. The maximum Gasteiger partial charge on any atom is 0.205 e. The number of halogens is 1. The van der Waals surface area contributed by atoms with Crippen molar-refractivity contribution < 1.29 is 9.84 Å². The van der Waals surface area contributed by atoms with E-state index in [4.69, 9.17) is 9.72 Å². The molecule has 2 aliphatic rings. The number of para-hydroxylation sites is 1. The van der Waals surface area contributed by atoms with E-state index in [2.05, 4.69) is 11.0 Å². The summed E-state index contributed by atoms with van der Waals surface area (Å²) < 4.78 is 7.11. The second-order valence-electron chi connectivity index (χ2n) is 7.28. The van der Waals surface area contributed by atoms with Gasteiger partial charge in [0.2, 0.25) is 5.79 Å². The lowest BCUT2D eigenvalue weighted by molar-refractivity contribution is -0.264. The summed E-state index contributed by atoms with van der Waals surface area (Å²) in [5.74, 6) is -1.21. The first kappa shape index (κ1) is 19.0. The number of piperidine rings is 1. The van der Waals surface area contributed by atoms with Gasteiger partial charge in [0, 0.05) is 17.2 Å². The molecule has 1 N–H and O–H groups in total. The fraction of sp³-hybridized carbons (Fsp3) is 0.381. The quantitative estimate of drug-likeness (QED) is 0.625. The fourth-order valence-corrected chi connectivity index (χ4v) is 5.03. The molecule has 0 amide bonds. The highest BCUT2D eigenvalue weighted by Crippen LogP contribution is 2.35. The molecule has 6 heteroatoms. The predicted molar refractivity (Wildman–Crippen MR) is 114 cm³/mol. The van der Waals surface area contributed by atoms with Gasteiger partial charge >= 0.3 is 0 Å². The summed E-state index contributed by atoms with van der Waals surface area (Å²) >= 11 is 1.69. The molecule has 3 heterocycles. The molecule has 4 nitrogen and oxygen atoms in total. The maximum atomic E-state index is 11.1.